The van der Waals surface area contributed by atoms with Crippen LogP contribution in [0.15, 0.2) is 33.8 Å². The van der Waals surface area contributed by atoms with Crippen LogP contribution in [0, 0.1) is 6.92 Å². The van der Waals surface area contributed by atoms with Crippen molar-refractivity contribution in [2.24, 2.45) is 0 Å². The average molecular weight is 254 g/mol. The number of ether oxygens (including phenoxy) is 1. The molecule has 0 unspecified atom stereocenters. The topological polar surface area (TPSA) is 20.5 Å². The molecule has 0 aliphatic heterocycles. The zero-order valence-electron chi connectivity index (χ0n) is 8.11. The van der Waals surface area contributed by atoms with Crippen LogP contribution in [0.3, 0.4) is 0 Å². The first-order valence-electron chi connectivity index (χ1n) is 4.34. The summed E-state index contributed by atoms with van der Waals surface area (Å²) in [7, 11) is 1.67. The molecule has 1 aromatic carbocycles. The monoisotopic (exact) mass is 255 g/mol. The molecule has 2 nitrogen and oxygen atoms in total. The Kier molecular flexibility index (Phi) is 2.71. The van der Waals surface area contributed by atoms with E-state index in [1.165, 1.54) is 4.44 Å². The molecular weight excluding hydrogens is 243 g/mol. The molecule has 0 aliphatic carbocycles. The molecule has 3 heteroatoms. The van der Waals surface area contributed by atoms with Crippen LogP contribution in [0.4, 0.5) is 0 Å². The zero-order valence-corrected chi connectivity index (χ0v) is 9.82. The third kappa shape index (κ3) is 1.89. The average Bonchev–Trinajstić information content (AvgIpc) is 2.65. The molecule has 0 saturated heterocycles. The number of hydrogen-bond donors (Lipinski definition) is 0. The maximum atomic E-state index is 5.57. The first kappa shape index (κ1) is 9.50. The molecule has 0 fully saturated rings. The first-order valence-corrected chi connectivity index (χ1v) is 5.89. The van der Waals surface area contributed by atoms with E-state index in [9.17, 15) is 0 Å². The van der Waals surface area contributed by atoms with Crippen molar-refractivity contribution in [2.75, 3.05) is 7.11 Å². The van der Waals surface area contributed by atoms with Crippen molar-refractivity contribution >= 4 is 14.9 Å². The van der Waals surface area contributed by atoms with Gasteiger partial charge < -0.3 is 0 Å². The van der Waals surface area contributed by atoms with E-state index < -0.39 is 0 Å². The molecule has 14 heavy (non-hydrogen) atoms. The number of hydrogen-bond acceptors (Lipinski definition) is 1. The third-order valence-electron chi connectivity index (χ3n) is 1.97. The fourth-order valence-corrected chi connectivity index (χ4v) is 2.32. The Bertz CT molecular complexity index is 417. The van der Waals surface area contributed by atoms with Crippen LogP contribution in [-0.2, 0) is 0 Å². The summed E-state index contributed by atoms with van der Waals surface area (Å²) in [6.07, 6.45) is 0. The molecule has 0 radical (unpaired) electrons. The number of rotatable bonds is 2. The summed E-state index contributed by atoms with van der Waals surface area (Å²) < 4.78 is 12.0. The summed E-state index contributed by atoms with van der Waals surface area (Å²) >= 11 is 0.190. The SMILES string of the molecule is COc1ccc(-c2cc(C)[se][o+]2)cc1. The molecule has 0 N–H and O–H groups in total. The van der Waals surface area contributed by atoms with Gasteiger partial charge in [-0.2, -0.15) is 0 Å². The van der Waals surface area contributed by atoms with Crippen LogP contribution in [-0.4, -0.2) is 22.0 Å². The summed E-state index contributed by atoms with van der Waals surface area (Å²) in [6, 6.07) is 10.0. The molecule has 0 bridgehead atoms. The summed E-state index contributed by atoms with van der Waals surface area (Å²) in [5.74, 6) is 1.85. The molecule has 1 heterocycles. The fourth-order valence-electron chi connectivity index (χ4n) is 1.23. The molecule has 0 atom stereocenters. The normalized spacial score (nSPS) is 10.1. The van der Waals surface area contributed by atoms with Gasteiger partial charge in [0.2, 0.25) is 0 Å². The zero-order chi connectivity index (χ0) is 9.97. The van der Waals surface area contributed by atoms with Gasteiger partial charge in [-0.3, -0.25) is 0 Å². The summed E-state index contributed by atoms with van der Waals surface area (Å²) in [5.41, 5.74) is 1.12. The van der Waals surface area contributed by atoms with Gasteiger partial charge in [-0.15, -0.1) is 0 Å². The van der Waals surface area contributed by atoms with Crippen LogP contribution in [0.1, 0.15) is 4.44 Å². The quantitative estimate of drug-likeness (QED) is 0.606. The Labute approximate surface area is 89.2 Å². The van der Waals surface area contributed by atoms with E-state index in [2.05, 4.69) is 13.0 Å². The van der Waals surface area contributed by atoms with Gasteiger partial charge in [-0.05, 0) is 0 Å². The Morgan fingerprint density at radius 3 is 2.43 bits per heavy atom. The van der Waals surface area contributed by atoms with Gasteiger partial charge in [0.1, 0.15) is 0 Å². The van der Waals surface area contributed by atoms with Crippen molar-refractivity contribution < 1.29 is 8.22 Å². The second-order valence-electron chi connectivity index (χ2n) is 3.01. The van der Waals surface area contributed by atoms with Crippen molar-refractivity contribution in [3.63, 3.8) is 0 Å². The molecule has 1 aromatic heterocycles. The van der Waals surface area contributed by atoms with Crippen molar-refractivity contribution in [1.29, 1.82) is 0 Å². The summed E-state index contributed by atoms with van der Waals surface area (Å²) in [5, 5.41) is 0. The van der Waals surface area contributed by atoms with Gasteiger partial charge >= 0.3 is 88.9 Å². The fraction of sp³-hybridized carbons (Fsp3) is 0.182. The Hall–Kier alpha value is -1.05. The molecule has 0 saturated carbocycles. The van der Waals surface area contributed by atoms with Crippen LogP contribution in [0.25, 0.3) is 11.3 Å². The van der Waals surface area contributed by atoms with Gasteiger partial charge in [0, 0.05) is 0 Å². The second kappa shape index (κ2) is 3.99. The van der Waals surface area contributed by atoms with Crippen molar-refractivity contribution in [2.45, 2.75) is 6.92 Å². The predicted molar refractivity (Wildman–Crippen MR) is 56.8 cm³/mol. The summed E-state index contributed by atoms with van der Waals surface area (Å²) in [6.45, 7) is 2.09. The minimum atomic E-state index is 0.190. The van der Waals surface area contributed by atoms with E-state index in [1.54, 1.807) is 7.11 Å². The number of aryl methyl sites for hydroxylation is 1. The predicted octanol–water partition coefficient (Wildman–Crippen LogP) is 2.60. The molecule has 2 aromatic rings. The number of benzene rings is 1. The Balaban J connectivity index is 2.33. The van der Waals surface area contributed by atoms with Crippen LogP contribution < -0.4 is 4.74 Å². The molecule has 0 aliphatic rings. The van der Waals surface area contributed by atoms with E-state index in [-0.39, 0.29) is 14.9 Å². The van der Waals surface area contributed by atoms with Crippen molar-refractivity contribution in [3.8, 4) is 17.1 Å². The molecule has 0 amide bonds. The van der Waals surface area contributed by atoms with Crippen molar-refractivity contribution in [3.05, 3.63) is 34.8 Å². The van der Waals surface area contributed by atoms with E-state index in [0.29, 0.717) is 0 Å². The van der Waals surface area contributed by atoms with E-state index >= 15 is 0 Å². The number of methoxy groups -OCH3 is 1. The van der Waals surface area contributed by atoms with Crippen LogP contribution in [0.5, 0.6) is 5.75 Å². The van der Waals surface area contributed by atoms with Gasteiger partial charge in [0.05, 0.1) is 0 Å². The van der Waals surface area contributed by atoms with Crippen LogP contribution >= 0.6 is 0 Å². The minimum absolute atomic E-state index is 0.190. The molecular formula is C11H11O2Se+. The standard InChI is InChI=1S/C11H11O2Se/c1-8-7-11(13-14-8)9-3-5-10(12-2)6-4-9/h3-7H,1-2H3/q+1. The van der Waals surface area contributed by atoms with Gasteiger partial charge in [0.15, 0.2) is 0 Å². The van der Waals surface area contributed by atoms with E-state index in [4.69, 9.17) is 8.22 Å². The molecule has 2 rings (SSSR count). The van der Waals surface area contributed by atoms with Crippen molar-refractivity contribution in [1.82, 2.24) is 0 Å². The molecule has 0 spiro atoms. The van der Waals surface area contributed by atoms with Gasteiger partial charge in [-0.1, -0.05) is 0 Å². The maximum absolute atomic E-state index is 5.57. The third-order valence-corrected chi connectivity index (χ3v) is 3.32. The van der Waals surface area contributed by atoms with E-state index in [1.807, 2.05) is 24.3 Å². The Morgan fingerprint density at radius 1 is 1.21 bits per heavy atom. The van der Waals surface area contributed by atoms with Gasteiger partial charge in [0.25, 0.3) is 0 Å². The Morgan fingerprint density at radius 2 is 1.93 bits per heavy atom. The second-order valence-corrected chi connectivity index (χ2v) is 5.06. The van der Waals surface area contributed by atoms with Gasteiger partial charge in [-0.25, -0.2) is 0 Å². The molecule has 72 valence electrons. The van der Waals surface area contributed by atoms with E-state index in [0.717, 1.165) is 17.1 Å². The van der Waals surface area contributed by atoms with Crippen LogP contribution in [0.2, 0.25) is 0 Å². The summed E-state index contributed by atoms with van der Waals surface area (Å²) in [4.78, 5) is 0. The first-order chi connectivity index (χ1) is 6.79.